The van der Waals surface area contributed by atoms with E-state index < -0.39 is 5.54 Å². The topological polar surface area (TPSA) is 84.7 Å². The van der Waals surface area contributed by atoms with E-state index in [9.17, 15) is 4.79 Å². The van der Waals surface area contributed by atoms with Crippen LogP contribution in [0.15, 0.2) is 33.8 Å². The Morgan fingerprint density at radius 1 is 1.35 bits per heavy atom. The quantitative estimate of drug-likeness (QED) is 0.922. The van der Waals surface area contributed by atoms with Gasteiger partial charge < -0.3 is 10.3 Å². The summed E-state index contributed by atoms with van der Waals surface area (Å²) < 4.78 is 5.25. The standard InChI is InChI=1S/C17H20N4O2/c1-10-15(11(2)23-20-10)12-6-5-7-13(8-12)17(3)9-14(22)21(4)16(18)19-17/h5-8H,9H2,1-4H3,(H2,18,19). The smallest absolute Gasteiger partial charge is 0.231 e. The van der Waals surface area contributed by atoms with Gasteiger partial charge in [-0.15, -0.1) is 0 Å². The van der Waals surface area contributed by atoms with Crippen molar-refractivity contribution in [1.82, 2.24) is 10.1 Å². The lowest BCUT2D eigenvalue weighted by Gasteiger charge is -2.33. The van der Waals surface area contributed by atoms with Crippen LogP contribution in [0.5, 0.6) is 0 Å². The molecule has 1 unspecified atom stereocenters. The van der Waals surface area contributed by atoms with Crippen molar-refractivity contribution in [3.8, 4) is 11.1 Å². The lowest BCUT2D eigenvalue weighted by atomic mass is 9.86. The van der Waals surface area contributed by atoms with E-state index in [-0.39, 0.29) is 18.3 Å². The maximum Gasteiger partial charge on any atom is 0.231 e. The molecule has 0 bridgehead atoms. The Balaban J connectivity index is 2.09. The van der Waals surface area contributed by atoms with E-state index in [4.69, 9.17) is 10.3 Å². The summed E-state index contributed by atoms with van der Waals surface area (Å²) in [6, 6.07) is 7.96. The monoisotopic (exact) mass is 312 g/mol. The highest BCUT2D eigenvalue weighted by atomic mass is 16.5. The summed E-state index contributed by atoms with van der Waals surface area (Å²) in [4.78, 5) is 18.1. The Labute approximate surface area is 135 Å². The van der Waals surface area contributed by atoms with Crippen LogP contribution in [0.3, 0.4) is 0 Å². The largest absolute Gasteiger partial charge is 0.369 e. The summed E-state index contributed by atoms with van der Waals surface area (Å²) in [5.41, 5.74) is 8.99. The second kappa shape index (κ2) is 5.22. The van der Waals surface area contributed by atoms with Gasteiger partial charge >= 0.3 is 0 Å². The minimum atomic E-state index is -0.664. The third-order valence-electron chi connectivity index (χ3n) is 4.38. The average Bonchev–Trinajstić information content (AvgIpc) is 2.84. The predicted octanol–water partition coefficient (Wildman–Crippen LogP) is 2.35. The number of hydrogen-bond acceptors (Lipinski definition) is 5. The SMILES string of the molecule is Cc1noc(C)c1-c1cccc(C2(C)CC(=O)N(C)C(N)=N2)c1. The zero-order chi connectivity index (χ0) is 16.8. The Bertz CT molecular complexity index is 789. The van der Waals surface area contributed by atoms with Crippen molar-refractivity contribution in [1.29, 1.82) is 0 Å². The molecule has 0 saturated heterocycles. The van der Waals surface area contributed by atoms with Gasteiger partial charge in [-0.25, -0.2) is 4.99 Å². The summed E-state index contributed by atoms with van der Waals surface area (Å²) in [5.74, 6) is 0.974. The molecule has 1 amide bonds. The fourth-order valence-corrected chi connectivity index (χ4v) is 2.98. The molecule has 0 spiro atoms. The maximum absolute atomic E-state index is 12.2. The molecule has 120 valence electrons. The first kappa shape index (κ1) is 15.3. The molecule has 1 aliphatic heterocycles. The van der Waals surface area contributed by atoms with Gasteiger partial charge in [0.25, 0.3) is 0 Å². The van der Waals surface area contributed by atoms with Gasteiger partial charge in [0.2, 0.25) is 5.91 Å². The van der Waals surface area contributed by atoms with Crippen molar-refractivity contribution in [3.63, 3.8) is 0 Å². The molecule has 0 radical (unpaired) electrons. The average molecular weight is 312 g/mol. The number of carbonyl (C=O) groups is 1. The van der Waals surface area contributed by atoms with Crippen LogP contribution in [0.1, 0.15) is 30.4 Å². The number of aromatic nitrogens is 1. The molecule has 3 rings (SSSR count). The van der Waals surface area contributed by atoms with Gasteiger partial charge in [-0.05, 0) is 38.0 Å². The number of hydrogen-bond donors (Lipinski definition) is 1. The number of aliphatic imine (C=N–C) groups is 1. The molecule has 1 aromatic heterocycles. The number of rotatable bonds is 2. The number of amides is 1. The molecule has 23 heavy (non-hydrogen) atoms. The summed E-state index contributed by atoms with van der Waals surface area (Å²) >= 11 is 0. The first-order chi connectivity index (χ1) is 10.8. The number of guanidine groups is 1. The zero-order valence-electron chi connectivity index (χ0n) is 13.8. The van der Waals surface area contributed by atoms with Crippen LogP contribution in [-0.2, 0) is 10.3 Å². The van der Waals surface area contributed by atoms with Gasteiger partial charge in [-0.2, -0.15) is 0 Å². The molecule has 0 fully saturated rings. The lowest BCUT2D eigenvalue weighted by Crippen LogP contribution is -2.47. The molecule has 6 nitrogen and oxygen atoms in total. The fraction of sp³-hybridized carbons (Fsp3) is 0.353. The van der Waals surface area contributed by atoms with Gasteiger partial charge in [0.05, 0.1) is 17.7 Å². The molecular weight excluding hydrogens is 292 g/mol. The lowest BCUT2D eigenvalue weighted by molar-refractivity contribution is -0.128. The van der Waals surface area contributed by atoms with Crippen LogP contribution < -0.4 is 5.73 Å². The third kappa shape index (κ3) is 2.50. The Morgan fingerprint density at radius 3 is 2.70 bits per heavy atom. The summed E-state index contributed by atoms with van der Waals surface area (Å²) in [7, 11) is 1.64. The number of carbonyl (C=O) groups excluding carboxylic acids is 1. The highest BCUT2D eigenvalue weighted by molar-refractivity contribution is 5.98. The first-order valence-electron chi connectivity index (χ1n) is 7.47. The molecule has 2 N–H and O–H groups in total. The normalized spacial score (nSPS) is 21.5. The molecule has 1 aromatic carbocycles. The number of nitrogens with zero attached hydrogens (tertiary/aromatic N) is 3. The summed E-state index contributed by atoms with van der Waals surface area (Å²) in [6.45, 7) is 5.73. The highest BCUT2D eigenvalue weighted by Gasteiger charge is 2.36. The molecule has 1 atom stereocenters. The molecule has 0 saturated carbocycles. The minimum absolute atomic E-state index is 0.0391. The molecular formula is C17H20N4O2. The van der Waals surface area contributed by atoms with E-state index in [0.717, 1.165) is 28.1 Å². The number of benzene rings is 1. The fourth-order valence-electron chi connectivity index (χ4n) is 2.98. The molecule has 0 aliphatic carbocycles. The van der Waals surface area contributed by atoms with E-state index in [2.05, 4.69) is 10.1 Å². The number of aryl methyl sites for hydroxylation is 2. The van der Waals surface area contributed by atoms with E-state index in [1.165, 1.54) is 4.90 Å². The van der Waals surface area contributed by atoms with Crippen molar-refractivity contribution in [3.05, 3.63) is 41.3 Å². The van der Waals surface area contributed by atoms with Crippen molar-refractivity contribution >= 4 is 11.9 Å². The van der Waals surface area contributed by atoms with Gasteiger partial charge in [-0.3, -0.25) is 9.69 Å². The third-order valence-corrected chi connectivity index (χ3v) is 4.38. The highest BCUT2D eigenvalue weighted by Crippen LogP contribution is 2.36. The Hall–Kier alpha value is -2.63. The summed E-state index contributed by atoms with van der Waals surface area (Å²) in [6.07, 6.45) is 0.287. The van der Waals surface area contributed by atoms with Crippen LogP contribution in [0.4, 0.5) is 0 Å². The van der Waals surface area contributed by atoms with Crippen molar-refractivity contribution < 1.29 is 9.32 Å². The molecule has 2 heterocycles. The van der Waals surface area contributed by atoms with Gasteiger partial charge in [-0.1, -0.05) is 23.4 Å². The Morgan fingerprint density at radius 2 is 2.09 bits per heavy atom. The summed E-state index contributed by atoms with van der Waals surface area (Å²) in [5, 5.41) is 4.00. The zero-order valence-corrected chi connectivity index (χ0v) is 13.8. The minimum Gasteiger partial charge on any atom is -0.369 e. The van der Waals surface area contributed by atoms with Crippen LogP contribution >= 0.6 is 0 Å². The number of nitrogens with two attached hydrogens (primary N) is 1. The van der Waals surface area contributed by atoms with Gasteiger partial charge in [0, 0.05) is 12.6 Å². The van der Waals surface area contributed by atoms with E-state index in [0.29, 0.717) is 0 Å². The molecule has 1 aliphatic rings. The second-order valence-electron chi connectivity index (χ2n) is 6.15. The molecule has 6 heteroatoms. The predicted molar refractivity (Wildman–Crippen MR) is 87.8 cm³/mol. The van der Waals surface area contributed by atoms with Crippen molar-refractivity contribution in [2.24, 2.45) is 10.7 Å². The van der Waals surface area contributed by atoms with Crippen molar-refractivity contribution in [2.45, 2.75) is 32.7 Å². The van der Waals surface area contributed by atoms with Gasteiger partial charge in [0.15, 0.2) is 5.96 Å². The first-order valence-corrected chi connectivity index (χ1v) is 7.47. The van der Waals surface area contributed by atoms with Crippen LogP contribution in [0.2, 0.25) is 0 Å². The van der Waals surface area contributed by atoms with Crippen LogP contribution in [0.25, 0.3) is 11.1 Å². The van der Waals surface area contributed by atoms with Gasteiger partial charge in [0.1, 0.15) is 5.76 Å². The molecule has 2 aromatic rings. The Kier molecular flexibility index (Phi) is 3.47. The second-order valence-corrected chi connectivity index (χ2v) is 6.15. The van der Waals surface area contributed by atoms with E-state index >= 15 is 0 Å². The van der Waals surface area contributed by atoms with Crippen LogP contribution in [0, 0.1) is 13.8 Å². The van der Waals surface area contributed by atoms with Crippen LogP contribution in [-0.4, -0.2) is 29.0 Å². The van der Waals surface area contributed by atoms with E-state index in [1.54, 1.807) is 7.05 Å². The van der Waals surface area contributed by atoms with Crippen molar-refractivity contribution in [2.75, 3.05) is 7.05 Å². The maximum atomic E-state index is 12.2. The van der Waals surface area contributed by atoms with E-state index in [1.807, 2.05) is 45.0 Å².